The molecule has 0 saturated carbocycles. The van der Waals surface area contributed by atoms with E-state index in [0.717, 1.165) is 6.42 Å². The minimum Gasteiger partial charge on any atom is -0.484 e. The Bertz CT molecular complexity index is 1280. The van der Waals surface area contributed by atoms with Gasteiger partial charge in [-0.25, -0.2) is 13.2 Å². The molecule has 1 aromatic heterocycles. The average Bonchev–Trinajstić information content (AvgIpc) is 3.36. The third-order valence-electron chi connectivity index (χ3n) is 5.62. The van der Waals surface area contributed by atoms with Gasteiger partial charge in [0.1, 0.15) is 17.5 Å². The summed E-state index contributed by atoms with van der Waals surface area (Å²) in [5, 5.41) is 9.63. The number of nitrogens with zero attached hydrogens (tertiary/aromatic N) is 3. The highest BCUT2D eigenvalue weighted by molar-refractivity contribution is 7.93. The van der Waals surface area contributed by atoms with Crippen molar-refractivity contribution < 1.29 is 32.2 Å². The lowest BCUT2D eigenvalue weighted by molar-refractivity contribution is -0.119. The highest BCUT2D eigenvalue weighted by Gasteiger charge is 2.40. The molecule has 2 N–H and O–H groups in total. The van der Waals surface area contributed by atoms with Crippen LogP contribution in [0.15, 0.2) is 23.1 Å². The average molecular weight is 522 g/mol. The summed E-state index contributed by atoms with van der Waals surface area (Å²) in [7, 11) is -2.78. The number of carbonyl (C=O) groups excluding carboxylic acids is 2. The number of ether oxygens (including phenoxy) is 3. The van der Waals surface area contributed by atoms with Gasteiger partial charge in [0.15, 0.2) is 4.90 Å². The van der Waals surface area contributed by atoms with E-state index >= 15 is 0 Å². The van der Waals surface area contributed by atoms with Crippen LogP contribution in [0.3, 0.4) is 0 Å². The van der Waals surface area contributed by atoms with Crippen LogP contribution in [0.4, 0.5) is 16.2 Å². The van der Waals surface area contributed by atoms with Crippen LogP contribution >= 0.6 is 0 Å². The van der Waals surface area contributed by atoms with Crippen LogP contribution in [0.2, 0.25) is 0 Å². The number of aromatic nitrogens is 2. The molecule has 0 aliphatic carbocycles. The number of methoxy groups -OCH3 is 1. The monoisotopic (exact) mass is 521 g/mol. The first-order valence-electron chi connectivity index (χ1n) is 11.6. The van der Waals surface area contributed by atoms with Gasteiger partial charge < -0.3 is 19.5 Å². The maximum atomic E-state index is 14.1. The van der Waals surface area contributed by atoms with E-state index in [2.05, 4.69) is 15.7 Å². The molecule has 13 heteroatoms. The first-order chi connectivity index (χ1) is 16.9. The first kappa shape index (κ1) is 25.6. The van der Waals surface area contributed by atoms with Gasteiger partial charge in [0, 0.05) is 19.2 Å². The van der Waals surface area contributed by atoms with Gasteiger partial charge in [-0.15, -0.1) is 5.10 Å². The summed E-state index contributed by atoms with van der Waals surface area (Å²) in [4.78, 5) is 23.8. The molecular formula is C23H31N5O7S. The predicted molar refractivity (Wildman–Crippen MR) is 131 cm³/mol. The van der Waals surface area contributed by atoms with E-state index in [1.807, 2.05) is 0 Å². The summed E-state index contributed by atoms with van der Waals surface area (Å²) in [6.07, 6.45) is 0.0186. The van der Waals surface area contributed by atoms with Crippen molar-refractivity contribution in [3.8, 4) is 11.6 Å². The molecule has 2 aliphatic rings. The minimum absolute atomic E-state index is 0.0131. The number of aryl methyl sites for hydroxylation is 1. The Labute approximate surface area is 209 Å². The second-order valence-corrected chi connectivity index (χ2v) is 11.4. The van der Waals surface area contributed by atoms with Crippen molar-refractivity contribution in [2.45, 2.75) is 63.7 Å². The summed E-state index contributed by atoms with van der Waals surface area (Å²) in [5.74, 6) is 0.0590. The SMILES string of the molecule is COc1nn2c(c1S(=O)(=O)N1CC(CNC(C)=O)Oc3ccc(NC(=O)OC(C)(C)C)cc31)CCC2. The van der Waals surface area contributed by atoms with Crippen LogP contribution in [-0.2, 0) is 32.5 Å². The van der Waals surface area contributed by atoms with Crippen LogP contribution in [0.1, 0.15) is 39.8 Å². The number of amides is 2. The third kappa shape index (κ3) is 5.20. The molecule has 3 heterocycles. The Hall–Kier alpha value is -3.48. The van der Waals surface area contributed by atoms with Gasteiger partial charge in [-0.3, -0.25) is 19.1 Å². The number of benzene rings is 1. The molecule has 2 aromatic rings. The highest BCUT2D eigenvalue weighted by Crippen LogP contribution is 2.42. The minimum atomic E-state index is -4.16. The van der Waals surface area contributed by atoms with Crippen molar-refractivity contribution in [2.24, 2.45) is 0 Å². The van der Waals surface area contributed by atoms with Gasteiger partial charge in [0.2, 0.25) is 5.91 Å². The molecular weight excluding hydrogens is 490 g/mol. The van der Waals surface area contributed by atoms with E-state index in [9.17, 15) is 18.0 Å². The maximum absolute atomic E-state index is 14.1. The van der Waals surface area contributed by atoms with Crippen LogP contribution in [0, 0.1) is 0 Å². The standard InChI is InChI=1S/C23H31N5O7S/c1-14(29)24-12-16-13-28(36(31,32)20-17-7-6-10-27(17)26-21(20)33-5)18-11-15(8-9-19(18)34-16)25-22(30)35-23(2,3)4/h8-9,11,16H,6-7,10,12-13H2,1-5H3,(H,24,29)(H,25,30). The topological polar surface area (TPSA) is 141 Å². The summed E-state index contributed by atoms with van der Waals surface area (Å²) in [6.45, 7) is 7.26. The second-order valence-electron chi connectivity index (χ2n) is 9.63. The smallest absolute Gasteiger partial charge is 0.412 e. The molecule has 0 fully saturated rings. The molecule has 12 nitrogen and oxygen atoms in total. The van der Waals surface area contributed by atoms with Gasteiger partial charge in [0.05, 0.1) is 31.6 Å². The van der Waals surface area contributed by atoms with Crippen molar-refractivity contribution in [2.75, 3.05) is 29.8 Å². The molecule has 0 radical (unpaired) electrons. The normalized spacial score (nSPS) is 17.0. The quantitative estimate of drug-likeness (QED) is 0.590. The lowest BCUT2D eigenvalue weighted by Gasteiger charge is -2.35. The zero-order valence-corrected chi connectivity index (χ0v) is 21.8. The van der Waals surface area contributed by atoms with Gasteiger partial charge in [-0.1, -0.05) is 0 Å². The van der Waals surface area contributed by atoms with E-state index in [0.29, 0.717) is 24.3 Å². The Balaban J connectivity index is 1.74. The molecule has 0 bridgehead atoms. The number of nitrogens with one attached hydrogen (secondary N) is 2. The van der Waals surface area contributed by atoms with Gasteiger partial charge >= 0.3 is 6.09 Å². The van der Waals surface area contributed by atoms with Crippen molar-refractivity contribution in [1.29, 1.82) is 0 Å². The molecule has 4 rings (SSSR count). The summed E-state index contributed by atoms with van der Waals surface area (Å²) in [5.41, 5.74) is 0.455. The van der Waals surface area contributed by atoms with E-state index in [4.69, 9.17) is 14.2 Å². The predicted octanol–water partition coefficient (Wildman–Crippen LogP) is 2.28. The van der Waals surface area contributed by atoms with Crippen LogP contribution in [0.25, 0.3) is 0 Å². The number of hydrogen-bond acceptors (Lipinski definition) is 8. The summed E-state index contributed by atoms with van der Waals surface area (Å²) < 4.78 is 47.7. The molecule has 1 aromatic carbocycles. The second kappa shape index (κ2) is 9.52. The van der Waals surface area contributed by atoms with Gasteiger partial charge in [0.25, 0.3) is 15.9 Å². The number of anilines is 2. The molecule has 1 atom stereocenters. The molecule has 2 amide bonds. The molecule has 36 heavy (non-hydrogen) atoms. The molecule has 1 unspecified atom stereocenters. The van der Waals surface area contributed by atoms with E-state index in [1.165, 1.54) is 24.4 Å². The highest BCUT2D eigenvalue weighted by atomic mass is 32.2. The van der Waals surface area contributed by atoms with Crippen LogP contribution < -0.4 is 24.4 Å². The number of carbonyl (C=O) groups is 2. The number of rotatable bonds is 6. The first-order valence-corrected chi connectivity index (χ1v) is 13.0. The van der Waals surface area contributed by atoms with Crippen molar-refractivity contribution in [3.05, 3.63) is 23.9 Å². The molecule has 0 spiro atoms. The van der Waals surface area contributed by atoms with Crippen molar-refractivity contribution in [1.82, 2.24) is 15.1 Å². The largest absolute Gasteiger partial charge is 0.484 e. The molecule has 196 valence electrons. The summed E-state index contributed by atoms with van der Waals surface area (Å²) in [6, 6.07) is 4.68. The van der Waals surface area contributed by atoms with Crippen LogP contribution in [0.5, 0.6) is 11.6 Å². The zero-order chi connectivity index (χ0) is 26.3. The fourth-order valence-electron chi connectivity index (χ4n) is 4.19. The van der Waals surface area contributed by atoms with E-state index < -0.39 is 27.8 Å². The van der Waals surface area contributed by atoms with Crippen molar-refractivity contribution >= 4 is 33.4 Å². The van der Waals surface area contributed by atoms with E-state index in [1.54, 1.807) is 37.6 Å². The van der Waals surface area contributed by atoms with Gasteiger partial charge in [-0.2, -0.15) is 0 Å². The fraction of sp³-hybridized carbons (Fsp3) is 0.522. The molecule has 0 saturated heterocycles. The third-order valence-corrected chi connectivity index (χ3v) is 7.47. The fourth-order valence-corrected chi connectivity index (χ4v) is 6.02. The zero-order valence-electron chi connectivity index (χ0n) is 21.0. The Morgan fingerprint density at radius 2 is 2.03 bits per heavy atom. The molecule has 2 aliphatic heterocycles. The van der Waals surface area contributed by atoms with Gasteiger partial charge in [-0.05, 0) is 51.8 Å². The number of fused-ring (bicyclic) bond motifs is 2. The Morgan fingerprint density at radius 1 is 1.28 bits per heavy atom. The lowest BCUT2D eigenvalue weighted by Crippen LogP contribution is -2.48. The number of sulfonamides is 1. The lowest BCUT2D eigenvalue weighted by atomic mass is 10.2. The Morgan fingerprint density at radius 3 is 2.69 bits per heavy atom. The van der Waals surface area contributed by atoms with E-state index in [-0.39, 0.29) is 41.2 Å². The number of hydrogen-bond donors (Lipinski definition) is 2. The summed E-state index contributed by atoms with van der Waals surface area (Å²) >= 11 is 0. The van der Waals surface area contributed by atoms with Crippen molar-refractivity contribution in [3.63, 3.8) is 0 Å². The maximum Gasteiger partial charge on any atom is 0.412 e. The van der Waals surface area contributed by atoms with Crippen LogP contribution in [-0.4, -0.2) is 62.1 Å². The Kier molecular flexibility index (Phi) is 6.78.